The SMILES string of the molecule is CCN1C(=O)/C(=C/c2csc3ccc(Cl)cc23)SC1=S. The number of thiocarbonyl (C=S) groups is 1. The average Bonchev–Trinajstić information content (AvgIpc) is 2.92. The number of rotatable bonds is 2. The molecule has 0 atom stereocenters. The summed E-state index contributed by atoms with van der Waals surface area (Å²) >= 11 is 14.3. The Bertz CT molecular complexity index is 750. The van der Waals surface area contributed by atoms with Gasteiger partial charge in [-0.2, -0.15) is 0 Å². The van der Waals surface area contributed by atoms with E-state index in [1.807, 2.05) is 36.6 Å². The van der Waals surface area contributed by atoms with Crippen molar-refractivity contribution >= 4 is 73.3 Å². The van der Waals surface area contributed by atoms with Gasteiger partial charge in [0.2, 0.25) is 0 Å². The average molecular weight is 340 g/mol. The molecular formula is C14H10ClNOS3. The third-order valence-electron chi connectivity index (χ3n) is 3.04. The zero-order valence-corrected chi connectivity index (χ0v) is 13.8. The molecule has 2 heterocycles. The first-order valence-electron chi connectivity index (χ1n) is 6.02. The van der Waals surface area contributed by atoms with Crippen LogP contribution in [0.4, 0.5) is 0 Å². The van der Waals surface area contributed by atoms with Crippen molar-refractivity contribution in [3.8, 4) is 0 Å². The summed E-state index contributed by atoms with van der Waals surface area (Å²) in [7, 11) is 0. The number of thiophene rings is 1. The van der Waals surface area contributed by atoms with Crippen molar-refractivity contribution in [1.29, 1.82) is 0 Å². The van der Waals surface area contributed by atoms with Crippen molar-refractivity contribution in [1.82, 2.24) is 4.90 Å². The largest absolute Gasteiger partial charge is 0.293 e. The Morgan fingerprint density at radius 1 is 1.45 bits per heavy atom. The van der Waals surface area contributed by atoms with Crippen molar-refractivity contribution in [2.24, 2.45) is 0 Å². The van der Waals surface area contributed by atoms with E-state index in [4.69, 9.17) is 23.8 Å². The number of likely N-dealkylation sites (N-methyl/N-ethyl adjacent to an activating group) is 1. The zero-order valence-electron chi connectivity index (χ0n) is 10.6. The first kappa shape index (κ1) is 14.1. The van der Waals surface area contributed by atoms with Crippen LogP contribution in [0.3, 0.4) is 0 Å². The molecule has 1 fully saturated rings. The molecule has 1 amide bonds. The molecule has 1 aromatic carbocycles. The molecule has 20 heavy (non-hydrogen) atoms. The number of benzene rings is 1. The molecule has 0 saturated carbocycles. The predicted octanol–water partition coefficient (Wildman–Crippen LogP) is 4.78. The van der Waals surface area contributed by atoms with Gasteiger partial charge in [-0.05, 0) is 42.1 Å². The number of carbonyl (C=O) groups is 1. The van der Waals surface area contributed by atoms with Crippen molar-refractivity contribution in [3.63, 3.8) is 0 Å². The summed E-state index contributed by atoms with van der Waals surface area (Å²) in [5.41, 5.74) is 1.02. The van der Waals surface area contributed by atoms with Crippen LogP contribution in [0.5, 0.6) is 0 Å². The fraction of sp³-hybridized carbons (Fsp3) is 0.143. The van der Waals surface area contributed by atoms with Crippen LogP contribution in [0.2, 0.25) is 5.02 Å². The Hall–Kier alpha value is -0.880. The molecule has 6 heteroatoms. The lowest BCUT2D eigenvalue weighted by Gasteiger charge is -2.09. The van der Waals surface area contributed by atoms with Crippen molar-refractivity contribution in [3.05, 3.63) is 39.1 Å². The van der Waals surface area contributed by atoms with Gasteiger partial charge in [0.25, 0.3) is 5.91 Å². The molecule has 0 spiro atoms. The number of nitrogens with zero attached hydrogens (tertiary/aromatic N) is 1. The van der Waals surface area contributed by atoms with E-state index >= 15 is 0 Å². The van der Waals surface area contributed by atoms with Crippen LogP contribution in [0, 0.1) is 0 Å². The van der Waals surface area contributed by atoms with Crippen LogP contribution >= 0.6 is 46.9 Å². The lowest BCUT2D eigenvalue weighted by molar-refractivity contribution is -0.121. The Kier molecular flexibility index (Phi) is 3.86. The maximum absolute atomic E-state index is 12.2. The maximum atomic E-state index is 12.2. The second kappa shape index (κ2) is 5.48. The molecule has 1 saturated heterocycles. The standard InChI is InChI=1S/C14H10ClNOS3/c1-2-16-13(17)12(20-14(16)18)5-8-7-19-11-4-3-9(15)6-10(8)11/h3-7H,2H2,1H3/b12-5-. The van der Waals surface area contributed by atoms with Gasteiger partial charge in [-0.1, -0.05) is 35.6 Å². The summed E-state index contributed by atoms with van der Waals surface area (Å²) in [5, 5.41) is 3.82. The molecule has 1 aliphatic rings. The number of amides is 1. The van der Waals surface area contributed by atoms with Crippen LogP contribution in [0.25, 0.3) is 16.2 Å². The third kappa shape index (κ3) is 2.39. The normalized spacial score (nSPS) is 17.7. The number of hydrogen-bond donors (Lipinski definition) is 0. The predicted molar refractivity (Wildman–Crippen MR) is 92.4 cm³/mol. The Morgan fingerprint density at radius 3 is 2.95 bits per heavy atom. The van der Waals surface area contributed by atoms with E-state index in [2.05, 4.69) is 0 Å². The molecule has 0 radical (unpaired) electrons. The minimum Gasteiger partial charge on any atom is -0.293 e. The molecule has 0 N–H and O–H groups in total. The Balaban J connectivity index is 2.05. The second-order valence-electron chi connectivity index (χ2n) is 4.26. The van der Waals surface area contributed by atoms with Crippen molar-refractivity contribution < 1.29 is 4.79 Å². The first-order chi connectivity index (χ1) is 9.60. The highest BCUT2D eigenvalue weighted by Gasteiger charge is 2.30. The van der Waals surface area contributed by atoms with Crippen molar-refractivity contribution in [2.45, 2.75) is 6.92 Å². The van der Waals surface area contributed by atoms with Gasteiger partial charge in [-0.3, -0.25) is 9.69 Å². The summed E-state index contributed by atoms with van der Waals surface area (Å²) in [6, 6.07) is 5.80. The zero-order chi connectivity index (χ0) is 14.3. The van der Waals surface area contributed by atoms with Gasteiger partial charge in [-0.25, -0.2) is 0 Å². The fourth-order valence-electron chi connectivity index (χ4n) is 2.05. The van der Waals surface area contributed by atoms with E-state index in [9.17, 15) is 4.79 Å². The maximum Gasteiger partial charge on any atom is 0.266 e. The van der Waals surface area contributed by atoms with E-state index in [0.29, 0.717) is 20.8 Å². The second-order valence-corrected chi connectivity index (χ2v) is 7.28. The van der Waals surface area contributed by atoms with Gasteiger partial charge < -0.3 is 0 Å². The summed E-state index contributed by atoms with van der Waals surface area (Å²) in [6.45, 7) is 2.53. The number of carbonyl (C=O) groups excluding carboxylic acids is 1. The quantitative estimate of drug-likeness (QED) is 0.580. The highest BCUT2D eigenvalue weighted by atomic mass is 35.5. The van der Waals surface area contributed by atoms with Crippen LogP contribution in [-0.4, -0.2) is 21.7 Å². The highest BCUT2D eigenvalue weighted by molar-refractivity contribution is 8.26. The van der Waals surface area contributed by atoms with Crippen LogP contribution in [-0.2, 0) is 4.79 Å². The number of hydrogen-bond acceptors (Lipinski definition) is 4. The Labute approximate surface area is 135 Å². The van der Waals surface area contributed by atoms with Crippen LogP contribution in [0.1, 0.15) is 12.5 Å². The lowest BCUT2D eigenvalue weighted by atomic mass is 10.1. The van der Waals surface area contributed by atoms with E-state index in [1.165, 1.54) is 11.8 Å². The van der Waals surface area contributed by atoms with E-state index < -0.39 is 0 Å². The number of fused-ring (bicyclic) bond motifs is 1. The monoisotopic (exact) mass is 339 g/mol. The van der Waals surface area contributed by atoms with Gasteiger partial charge in [0.05, 0.1) is 4.91 Å². The van der Waals surface area contributed by atoms with Gasteiger partial charge in [0.15, 0.2) is 0 Å². The fourth-order valence-corrected chi connectivity index (χ4v) is 4.49. The van der Waals surface area contributed by atoms with Crippen LogP contribution in [0.15, 0.2) is 28.5 Å². The molecular weight excluding hydrogens is 330 g/mol. The molecule has 0 unspecified atom stereocenters. The summed E-state index contributed by atoms with van der Waals surface area (Å²) in [5.74, 6) is -0.0103. The summed E-state index contributed by atoms with van der Waals surface area (Å²) in [6.07, 6.45) is 1.91. The van der Waals surface area contributed by atoms with E-state index in [-0.39, 0.29) is 5.91 Å². The molecule has 3 rings (SSSR count). The van der Waals surface area contributed by atoms with E-state index in [0.717, 1.165) is 15.6 Å². The first-order valence-corrected chi connectivity index (χ1v) is 8.50. The van der Waals surface area contributed by atoms with Gasteiger partial charge in [-0.15, -0.1) is 11.3 Å². The van der Waals surface area contributed by atoms with Gasteiger partial charge in [0.1, 0.15) is 4.32 Å². The minimum atomic E-state index is -0.0103. The highest BCUT2D eigenvalue weighted by Crippen LogP contribution is 2.35. The minimum absolute atomic E-state index is 0.0103. The van der Waals surface area contributed by atoms with E-state index in [1.54, 1.807) is 16.2 Å². The third-order valence-corrected chi connectivity index (χ3v) is 5.64. The molecule has 2 aromatic rings. The Morgan fingerprint density at radius 2 is 2.25 bits per heavy atom. The summed E-state index contributed by atoms with van der Waals surface area (Å²) < 4.78 is 1.79. The smallest absolute Gasteiger partial charge is 0.266 e. The number of halogens is 1. The topological polar surface area (TPSA) is 20.3 Å². The molecule has 2 nitrogen and oxygen atoms in total. The molecule has 0 aliphatic carbocycles. The summed E-state index contributed by atoms with van der Waals surface area (Å²) in [4.78, 5) is 14.5. The van der Waals surface area contributed by atoms with Crippen molar-refractivity contribution in [2.75, 3.05) is 6.54 Å². The molecule has 102 valence electrons. The number of thioether (sulfide) groups is 1. The molecule has 1 aromatic heterocycles. The lowest BCUT2D eigenvalue weighted by Crippen LogP contribution is -2.27. The van der Waals surface area contributed by atoms with Gasteiger partial charge in [0, 0.05) is 21.7 Å². The van der Waals surface area contributed by atoms with Crippen LogP contribution < -0.4 is 0 Å². The molecule has 1 aliphatic heterocycles. The van der Waals surface area contributed by atoms with Gasteiger partial charge >= 0.3 is 0 Å². The molecule has 0 bridgehead atoms.